The second-order valence-corrected chi connectivity index (χ2v) is 5.26. The van der Waals surface area contributed by atoms with Crippen LogP contribution in [-0.2, 0) is 10.0 Å². The first-order valence-corrected chi connectivity index (χ1v) is 6.29. The molecule has 0 rings (SSSR count). The number of sulfonamides is 1. The Morgan fingerprint density at radius 3 is 2.38 bits per heavy atom. The van der Waals surface area contributed by atoms with Gasteiger partial charge in [0.25, 0.3) is 0 Å². The van der Waals surface area contributed by atoms with E-state index in [9.17, 15) is 8.42 Å². The maximum atomic E-state index is 11.2. The zero-order valence-corrected chi connectivity index (χ0v) is 9.45. The van der Waals surface area contributed by atoms with Gasteiger partial charge >= 0.3 is 0 Å². The lowest BCUT2D eigenvalue weighted by Crippen LogP contribution is -2.33. The van der Waals surface area contributed by atoms with Crippen LogP contribution in [0.25, 0.3) is 0 Å². The molecule has 0 aliphatic rings. The standard InChI is InChI=1S/C8H20N2O2S/c1-4-5-13(11,12)10-7-8(2)6-9-3/h8-10H,4-7H2,1-3H3. The molecular formula is C8H20N2O2S. The highest BCUT2D eigenvalue weighted by atomic mass is 32.2. The summed E-state index contributed by atoms with van der Waals surface area (Å²) >= 11 is 0. The van der Waals surface area contributed by atoms with Crippen molar-refractivity contribution in [1.29, 1.82) is 0 Å². The van der Waals surface area contributed by atoms with Gasteiger partial charge in [0.2, 0.25) is 10.0 Å². The maximum absolute atomic E-state index is 11.2. The minimum Gasteiger partial charge on any atom is -0.319 e. The molecule has 0 aromatic carbocycles. The van der Waals surface area contributed by atoms with Crippen LogP contribution >= 0.6 is 0 Å². The lowest BCUT2D eigenvalue weighted by Gasteiger charge is -2.11. The van der Waals surface area contributed by atoms with Crippen LogP contribution in [0.3, 0.4) is 0 Å². The highest BCUT2D eigenvalue weighted by molar-refractivity contribution is 7.89. The molecule has 0 radical (unpaired) electrons. The molecule has 5 heteroatoms. The van der Waals surface area contributed by atoms with Crippen molar-refractivity contribution in [1.82, 2.24) is 10.0 Å². The van der Waals surface area contributed by atoms with Gasteiger partial charge in [0, 0.05) is 6.54 Å². The quantitative estimate of drug-likeness (QED) is 0.627. The van der Waals surface area contributed by atoms with Gasteiger partial charge in [-0.3, -0.25) is 0 Å². The third kappa shape index (κ3) is 6.98. The fourth-order valence-electron chi connectivity index (χ4n) is 1.03. The van der Waals surface area contributed by atoms with Crippen molar-refractivity contribution in [2.45, 2.75) is 20.3 Å². The van der Waals surface area contributed by atoms with E-state index in [4.69, 9.17) is 0 Å². The summed E-state index contributed by atoms with van der Waals surface area (Å²) in [7, 11) is -1.16. The predicted molar refractivity (Wildman–Crippen MR) is 55.2 cm³/mol. The molecular weight excluding hydrogens is 188 g/mol. The molecule has 4 nitrogen and oxygen atoms in total. The Morgan fingerprint density at radius 1 is 1.31 bits per heavy atom. The minimum atomic E-state index is -3.02. The molecule has 0 aliphatic carbocycles. The third-order valence-electron chi connectivity index (χ3n) is 1.68. The van der Waals surface area contributed by atoms with Crippen molar-refractivity contribution in [2.75, 3.05) is 25.9 Å². The van der Waals surface area contributed by atoms with Gasteiger partial charge < -0.3 is 5.32 Å². The molecule has 0 aliphatic heterocycles. The van der Waals surface area contributed by atoms with Crippen molar-refractivity contribution < 1.29 is 8.42 Å². The first-order valence-electron chi connectivity index (χ1n) is 4.63. The van der Waals surface area contributed by atoms with Crippen molar-refractivity contribution in [3.05, 3.63) is 0 Å². The van der Waals surface area contributed by atoms with E-state index in [1.54, 1.807) is 0 Å². The van der Waals surface area contributed by atoms with Gasteiger partial charge in [-0.05, 0) is 25.9 Å². The average molecular weight is 208 g/mol. The molecule has 13 heavy (non-hydrogen) atoms. The van der Waals surface area contributed by atoms with Crippen LogP contribution in [-0.4, -0.2) is 34.3 Å². The van der Waals surface area contributed by atoms with E-state index >= 15 is 0 Å². The third-order valence-corrected chi connectivity index (χ3v) is 3.23. The summed E-state index contributed by atoms with van der Waals surface area (Å²) in [6, 6.07) is 0. The molecule has 0 saturated carbocycles. The first kappa shape index (κ1) is 12.9. The topological polar surface area (TPSA) is 58.2 Å². The molecule has 0 spiro atoms. The molecule has 80 valence electrons. The summed E-state index contributed by atoms with van der Waals surface area (Å²) in [6.45, 7) is 5.21. The Balaban J connectivity index is 3.74. The molecule has 0 aromatic heterocycles. The summed E-state index contributed by atoms with van der Waals surface area (Å²) in [5.41, 5.74) is 0. The largest absolute Gasteiger partial charge is 0.319 e. The van der Waals surface area contributed by atoms with Gasteiger partial charge in [-0.25, -0.2) is 13.1 Å². The Hall–Kier alpha value is -0.130. The molecule has 0 saturated heterocycles. The van der Waals surface area contributed by atoms with E-state index in [0.29, 0.717) is 18.9 Å². The summed E-state index contributed by atoms with van der Waals surface area (Å²) in [6.07, 6.45) is 0.662. The van der Waals surface area contributed by atoms with E-state index in [1.807, 2.05) is 20.9 Å². The normalized spacial score (nSPS) is 14.4. The van der Waals surface area contributed by atoms with Gasteiger partial charge in [-0.1, -0.05) is 13.8 Å². The molecule has 1 unspecified atom stereocenters. The molecule has 0 bridgehead atoms. The molecule has 2 N–H and O–H groups in total. The number of hydrogen-bond donors (Lipinski definition) is 2. The Bertz CT molecular complexity index is 214. The first-order chi connectivity index (χ1) is 6.02. The highest BCUT2D eigenvalue weighted by Gasteiger charge is 2.09. The Morgan fingerprint density at radius 2 is 1.92 bits per heavy atom. The van der Waals surface area contributed by atoms with E-state index in [1.165, 1.54) is 0 Å². The lowest BCUT2D eigenvalue weighted by atomic mass is 10.2. The van der Waals surface area contributed by atoms with Crippen molar-refractivity contribution in [3.63, 3.8) is 0 Å². The second-order valence-electron chi connectivity index (χ2n) is 3.33. The van der Waals surface area contributed by atoms with Crippen LogP contribution in [0.15, 0.2) is 0 Å². The summed E-state index contributed by atoms with van der Waals surface area (Å²) in [5.74, 6) is 0.552. The summed E-state index contributed by atoms with van der Waals surface area (Å²) in [5, 5.41) is 3.00. The summed E-state index contributed by atoms with van der Waals surface area (Å²) < 4.78 is 25.0. The Kier molecular flexibility index (Phi) is 6.28. The van der Waals surface area contributed by atoms with E-state index < -0.39 is 10.0 Å². The zero-order chi connectivity index (χ0) is 10.3. The SMILES string of the molecule is CCCS(=O)(=O)NCC(C)CNC. The van der Waals surface area contributed by atoms with Gasteiger partial charge in [-0.15, -0.1) is 0 Å². The second kappa shape index (κ2) is 6.34. The lowest BCUT2D eigenvalue weighted by molar-refractivity contribution is 0.518. The van der Waals surface area contributed by atoms with Crippen LogP contribution in [0, 0.1) is 5.92 Å². The fourth-order valence-corrected chi connectivity index (χ4v) is 2.25. The van der Waals surface area contributed by atoms with Crippen LogP contribution in [0.2, 0.25) is 0 Å². The van der Waals surface area contributed by atoms with Crippen molar-refractivity contribution in [3.8, 4) is 0 Å². The number of rotatable bonds is 7. The van der Waals surface area contributed by atoms with Crippen molar-refractivity contribution >= 4 is 10.0 Å². The number of nitrogens with one attached hydrogen (secondary N) is 2. The monoisotopic (exact) mass is 208 g/mol. The molecule has 0 aromatic rings. The van der Waals surface area contributed by atoms with E-state index in [2.05, 4.69) is 10.0 Å². The molecule has 0 amide bonds. The average Bonchev–Trinajstić information content (AvgIpc) is 2.02. The van der Waals surface area contributed by atoms with Crippen molar-refractivity contribution in [2.24, 2.45) is 5.92 Å². The Labute approximate surface area is 81.2 Å². The van der Waals surface area contributed by atoms with Crippen LogP contribution in [0.4, 0.5) is 0 Å². The predicted octanol–water partition coefficient (Wildman–Crippen LogP) is 0.171. The molecule has 0 heterocycles. The van der Waals surface area contributed by atoms with E-state index in [0.717, 1.165) is 6.54 Å². The van der Waals surface area contributed by atoms with Crippen LogP contribution in [0.1, 0.15) is 20.3 Å². The van der Waals surface area contributed by atoms with Gasteiger partial charge in [-0.2, -0.15) is 0 Å². The molecule has 0 fully saturated rings. The van der Waals surface area contributed by atoms with Gasteiger partial charge in [0.1, 0.15) is 0 Å². The molecule has 1 atom stereocenters. The minimum absolute atomic E-state index is 0.222. The number of hydrogen-bond acceptors (Lipinski definition) is 3. The van der Waals surface area contributed by atoms with Gasteiger partial charge in [0.05, 0.1) is 5.75 Å². The highest BCUT2D eigenvalue weighted by Crippen LogP contribution is 1.93. The van der Waals surface area contributed by atoms with Gasteiger partial charge in [0.15, 0.2) is 0 Å². The van der Waals surface area contributed by atoms with Crippen LogP contribution < -0.4 is 10.0 Å². The fraction of sp³-hybridized carbons (Fsp3) is 1.00. The maximum Gasteiger partial charge on any atom is 0.211 e. The zero-order valence-electron chi connectivity index (χ0n) is 8.63. The summed E-state index contributed by atoms with van der Waals surface area (Å²) in [4.78, 5) is 0. The van der Waals surface area contributed by atoms with E-state index in [-0.39, 0.29) is 5.75 Å². The van der Waals surface area contributed by atoms with Crippen LogP contribution in [0.5, 0.6) is 0 Å². The smallest absolute Gasteiger partial charge is 0.211 e.